The van der Waals surface area contributed by atoms with Crippen LogP contribution in [-0.4, -0.2) is 47.0 Å². The van der Waals surface area contributed by atoms with Crippen molar-refractivity contribution in [3.05, 3.63) is 76.2 Å². The lowest BCUT2D eigenvalue weighted by Gasteiger charge is -2.27. The number of nitrogens with one attached hydrogen (secondary N) is 1. The lowest BCUT2D eigenvalue weighted by Crippen LogP contribution is -2.36. The third-order valence-corrected chi connectivity index (χ3v) is 6.82. The molecule has 9 heteroatoms. The third kappa shape index (κ3) is 4.74. The fraction of sp³-hybridized carbons (Fsp3) is 0.292. The van der Waals surface area contributed by atoms with Crippen molar-refractivity contribution >= 4 is 33.3 Å². The molecule has 1 aromatic carbocycles. The van der Waals surface area contributed by atoms with E-state index >= 15 is 0 Å². The van der Waals surface area contributed by atoms with E-state index in [1.165, 1.54) is 23.5 Å². The van der Waals surface area contributed by atoms with Crippen molar-refractivity contribution in [1.29, 1.82) is 0 Å². The van der Waals surface area contributed by atoms with Gasteiger partial charge in [0.25, 0.3) is 5.91 Å². The number of hydrogen-bond donors (Lipinski definition) is 1. The molecule has 0 bridgehead atoms. The number of ether oxygens (including phenoxy) is 1. The van der Waals surface area contributed by atoms with Crippen LogP contribution in [0.2, 0.25) is 0 Å². The second-order valence-corrected chi connectivity index (χ2v) is 9.04. The van der Waals surface area contributed by atoms with E-state index in [0.29, 0.717) is 18.0 Å². The zero-order valence-electron chi connectivity index (χ0n) is 18.3. The highest BCUT2D eigenvalue weighted by atomic mass is 32.1. The van der Waals surface area contributed by atoms with Crippen molar-refractivity contribution in [2.24, 2.45) is 0 Å². The van der Waals surface area contributed by atoms with Gasteiger partial charge in [-0.05, 0) is 42.3 Å². The van der Waals surface area contributed by atoms with E-state index in [-0.39, 0.29) is 11.7 Å². The quantitative estimate of drug-likeness (QED) is 0.470. The van der Waals surface area contributed by atoms with E-state index in [1.54, 1.807) is 18.3 Å². The van der Waals surface area contributed by atoms with Gasteiger partial charge in [0.1, 0.15) is 16.5 Å². The molecular formula is C24H24FN5O2S. The van der Waals surface area contributed by atoms with Gasteiger partial charge in [-0.1, -0.05) is 18.2 Å². The molecule has 33 heavy (non-hydrogen) atoms. The number of aryl methyl sites for hydroxylation is 1. The molecule has 7 nitrogen and oxygen atoms in total. The van der Waals surface area contributed by atoms with Crippen LogP contribution in [0.15, 0.2) is 48.7 Å². The number of fused-ring (bicyclic) bond motifs is 1. The van der Waals surface area contributed by atoms with Crippen molar-refractivity contribution in [1.82, 2.24) is 20.1 Å². The highest BCUT2D eigenvalue weighted by molar-refractivity contribution is 7.20. The number of thiophene rings is 1. The van der Waals surface area contributed by atoms with Crippen LogP contribution in [0.4, 0.5) is 10.2 Å². The summed E-state index contributed by atoms with van der Waals surface area (Å²) in [7, 11) is 0. The van der Waals surface area contributed by atoms with Crippen molar-refractivity contribution < 1.29 is 13.9 Å². The number of hydrogen-bond acceptors (Lipinski definition) is 6. The average Bonchev–Trinajstić information content (AvgIpc) is 3.41. The molecule has 1 amide bonds. The van der Waals surface area contributed by atoms with Crippen LogP contribution in [0.1, 0.15) is 26.5 Å². The molecule has 5 rings (SSSR count). The molecule has 3 aromatic heterocycles. The number of amides is 1. The van der Waals surface area contributed by atoms with Crippen LogP contribution in [0, 0.1) is 12.7 Å². The predicted octanol–water partition coefficient (Wildman–Crippen LogP) is 3.76. The maximum absolute atomic E-state index is 13.2. The summed E-state index contributed by atoms with van der Waals surface area (Å²) in [5, 5.41) is 8.54. The summed E-state index contributed by atoms with van der Waals surface area (Å²) in [4.78, 5) is 21.1. The number of pyridine rings is 1. The maximum Gasteiger partial charge on any atom is 0.261 e. The fourth-order valence-corrected chi connectivity index (χ4v) is 4.94. The molecule has 1 N–H and O–H groups in total. The Bertz CT molecular complexity index is 1260. The topological polar surface area (TPSA) is 72.3 Å². The van der Waals surface area contributed by atoms with Crippen LogP contribution in [0.3, 0.4) is 0 Å². The molecule has 0 saturated carbocycles. The Morgan fingerprint density at radius 3 is 2.64 bits per heavy atom. The number of benzene rings is 1. The van der Waals surface area contributed by atoms with Gasteiger partial charge in [-0.3, -0.25) is 9.48 Å². The van der Waals surface area contributed by atoms with Gasteiger partial charge in [-0.15, -0.1) is 11.3 Å². The Kier molecular flexibility index (Phi) is 6.06. The average molecular weight is 466 g/mol. The minimum atomic E-state index is -0.262. The smallest absolute Gasteiger partial charge is 0.261 e. The predicted molar refractivity (Wildman–Crippen MR) is 126 cm³/mol. The number of aromatic nitrogens is 3. The van der Waals surface area contributed by atoms with Gasteiger partial charge in [0, 0.05) is 31.2 Å². The first kappa shape index (κ1) is 21.5. The largest absolute Gasteiger partial charge is 0.378 e. The SMILES string of the molecule is Cc1nn(Cc2ccc(F)cc2)c2sc(C(=O)NCc3ccc(N4CCOCC4)nc3)cc12. The van der Waals surface area contributed by atoms with E-state index in [4.69, 9.17) is 4.74 Å². The van der Waals surface area contributed by atoms with E-state index in [1.807, 2.05) is 29.8 Å². The summed E-state index contributed by atoms with van der Waals surface area (Å²) in [5.74, 6) is 0.543. The lowest BCUT2D eigenvalue weighted by atomic mass is 10.2. The Balaban J connectivity index is 1.25. The number of nitrogens with zero attached hydrogens (tertiary/aromatic N) is 4. The molecule has 1 fully saturated rings. The van der Waals surface area contributed by atoms with E-state index in [2.05, 4.69) is 20.3 Å². The molecule has 1 saturated heterocycles. The molecule has 170 valence electrons. The summed E-state index contributed by atoms with van der Waals surface area (Å²) in [6.07, 6.45) is 1.81. The van der Waals surface area contributed by atoms with Crippen molar-refractivity contribution in [3.8, 4) is 0 Å². The van der Waals surface area contributed by atoms with Gasteiger partial charge < -0.3 is 15.0 Å². The number of rotatable bonds is 6. The molecule has 1 aliphatic heterocycles. The molecule has 4 aromatic rings. The molecule has 4 heterocycles. The molecule has 0 atom stereocenters. The molecule has 1 aliphatic rings. The number of anilines is 1. The van der Waals surface area contributed by atoms with Crippen LogP contribution < -0.4 is 10.2 Å². The highest BCUT2D eigenvalue weighted by Crippen LogP contribution is 2.29. The minimum absolute atomic E-state index is 0.124. The summed E-state index contributed by atoms with van der Waals surface area (Å²) in [5.41, 5.74) is 2.76. The van der Waals surface area contributed by atoms with E-state index in [9.17, 15) is 9.18 Å². The number of carbonyl (C=O) groups excluding carboxylic acids is 1. The number of halogens is 1. The summed E-state index contributed by atoms with van der Waals surface area (Å²) >= 11 is 1.41. The Morgan fingerprint density at radius 1 is 1.15 bits per heavy atom. The Hall–Kier alpha value is -3.30. The van der Waals surface area contributed by atoms with Crippen molar-refractivity contribution in [2.75, 3.05) is 31.2 Å². The zero-order valence-corrected chi connectivity index (χ0v) is 19.1. The zero-order chi connectivity index (χ0) is 22.8. The monoisotopic (exact) mass is 465 g/mol. The van der Waals surface area contributed by atoms with Gasteiger partial charge in [-0.25, -0.2) is 9.37 Å². The molecular weight excluding hydrogens is 441 g/mol. The van der Waals surface area contributed by atoms with Gasteiger partial charge in [0.15, 0.2) is 0 Å². The molecule has 0 aliphatic carbocycles. The van der Waals surface area contributed by atoms with Crippen LogP contribution >= 0.6 is 11.3 Å². The first-order valence-corrected chi connectivity index (χ1v) is 11.7. The van der Waals surface area contributed by atoms with Crippen LogP contribution in [-0.2, 0) is 17.8 Å². The maximum atomic E-state index is 13.2. The summed E-state index contributed by atoms with van der Waals surface area (Å²) in [6.45, 7) is 5.97. The summed E-state index contributed by atoms with van der Waals surface area (Å²) < 4.78 is 20.4. The molecule has 0 spiro atoms. The highest BCUT2D eigenvalue weighted by Gasteiger charge is 2.17. The van der Waals surface area contributed by atoms with Crippen LogP contribution in [0.5, 0.6) is 0 Å². The second-order valence-electron chi connectivity index (χ2n) is 8.01. The lowest BCUT2D eigenvalue weighted by molar-refractivity contribution is 0.0955. The fourth-order valence-electron chi connectivity index (χ4n) is 3.86. The standard InChI is InChI=1S/C24H24FN5O2S/c1-16-20-12-21(33-24(20)30(28-16)15-17-2-5-19(25)6-3-17)23(31)27-14-18-4-7-22(26-13-18)29-8-10-32-11-9-29/h2-7,12-13H,8-11,14-15H2,1H3,(H,27,31). The minimum Gasteiger partial charge on any atom is -0.378 e. The number of carbonyl (C=O) groups is 1. The van der Waals surface area contributed by atoms with Crippen molar-refractivity contribution in [3.63, 3.8) is 0 Å². The molecule has 0 unspecified atom stereocenters. The second kappa shape index (κ2) is 9.29. The third-order valence-electron chi connectivity index (χ3n) is 5.67. The van der Waals surface area contributed by atoms with Crippen LogP contribution in [0.25, 0.3) is 10.2 Å². The van der Waals surface area contributed by atoms with E-state index in [0.717, 1.165) is 59.2 Å². The first-order valence-electron chi connectivity index (χ1n) is 10.8. The normalized spacial score (nSPS) is 14.1. The molecule has 0 radical (unpaired) electrons. The van der Waals surface area contributed by atoms with Gasteiger partial charge in [0.2, 0.25) is 0 Å². The Morgan fingerprint density at radius 2 is 1.91 bits per heavy atom. The Labute approximate surface area is 194 Å². The van der Waals surface area contributed by atoms with Gasteiger partial charge in [-0.2, -0.15) is 5.10 Å². The van der Waals surface area contributed by atoms with E-state index < -0.39 is 0 Å². The number of morpholine rings is 1. The van der Waals surface area contributed by atoms with Gasteiger partial charge in [0.05, 0.1) is 30.3 Å². The van der Waals surface area contributed by atoms with Crippen molar-refractivity contribution in [2.45, 2.75) is 20.0 Å². The van der Waals surface area contributed by atoms with Gasteiger partial charge >= 0.3 is 0 Å². The summed E-state index contributed by atoms with van der Waals surface area (Å²) in [6, 6.07) is 12.2. The first-order chi connectivity index (χ1) is 16.1.